The maximum atomic E-state index is 12.1. The van der Waals surface area contributed by atoms with Gasteiger partial charge in [-0.2, -0.15) is 0 Å². The summed E-state index contributed by atoms with van der Waals surface area (Å²) in [4.78, 5) is 27.5. The summed E-state index contributed by atoms with van der Waals surface area (Å²) in [7, 11) is 1.22. The van der Waals surface area contributed by atoms with Crippen LogP contribution in [0, 0.1) is 0 Å². The van der Waals surface area contributed by atoms with Crippen LogP contribution in [0.25, 0.3) is 0 Å². The Morgan fingerprint density at radius 3 is 2.50 bits per heavy atom. The molecule has 2 rings (SSSR count). The molecule has 0 aliphatic carbocycles. The second kappa shape index (κ2) is 7.21. The van der Waals surface area contributed by atoms with Crippen molar-refractivity contribution in [2.75, 3.05) is 7.11 Å². The molecule has 1 unspecified atom stereocenters. The van der Waals surface area contributed by atoms with Crippen LogP contribution in [0.2, 0.25) is 0 Å². The Hall–Kier alpha value is -2.89. The summed E-state index contributed by atoms with van der Waals surface area (Å²) in [5, 5.41) is 0. The van der Waals surface area contributed by atoms with E-state index < -0.39 is 18.0 Å². The Labute approximate surface area is 127 Å². The van der Waals surface area contributed by atoms with Gasteiger partial charge in [-0.05, 0) is 31.2 Å². The van der Waals surface area contributed by atoms with Crippen LogP contribution in [0.5, 0.6) is 11.6 Å². The molecule has 1 aromatic carbocycles. The molecule has 0 saturated heterocycles. The lowest BCUT2D eigenvalue weighted by atomic mass is 10.2. The van der Waals surface area contributed by atoms with Gasteiger partial charge in [-0.15, -0.1) is 0 Å². The molecule has 114 valence electrons. The molecule has 22 heavy (non-hydrogen) atoms. The highest BCUT2D eigenvalue weighted by molar-refractivity contribution is 5.93. The van der Waals surface area contributed by atoms with Gasteiger partial charge >= 0.3 is 11.9 Å². The zero-order valence-electron chi connectivity index (χ0n) is 12.2. The van der Waals surface area contributed by atoms with E-state index in [4.69, 9.17) is 9.47 Å². The number of benzene rings is 1. The summed E-state index contributed by atoms with van der Waals surface area (Å²) >= 11 is 0. The summed E-state index contributed by atoms with van der Waals surface area (Å²) in [6, 6.07) is 12.0. The van der Waals surface area contributed by atoms with E-state index in [0.29, 0.717) is 5.75 Å². The molecular weight excluding hydrogens is 286 g/mol. The van der Waals surface area contributed by atoms with Crippen LogP contribution in [0.3, 0.4) is 0 Å². The molecule has 0 spiro atoms. The molecule has 0 N–H and O–H groups in total. The molecule has 0 bridgehead atoms. The third-order valence-corrected chi connectivity index (χ3v) is 2.77. The Kier molecular flexibility index (Phi) is 5.08. The van der Waals surface area contributed by atoms with Crippen molar-refractivity contribution in [3.63, 3.8) is 0 Å². The lowest BCUT2D eigenvalue weighted by Gasteiger charge is -2.13. The minimum Gasteiger partial charge on any atom is -0.466 e. The number of pyridine rings is 1. The van der Waals surface area contributed by atoms with Crippen molar-refractivity contribution in [3.05, 3.63) is 54.2 Å². The second-order valence-corrected chi connectivity index (χ2v) is 4.34. The first-order chi connectivity index (χ1) is 10.6. The maximum Gasteiger partial charge on any atom is 0.346 e. The number of methoxy groups -OCH3 is 1. The lowest BCUT2D eigenvalue weighted by molar-refractivity contribution is -0.149. The number of aromatic nitrogens is 1. The van der Waals surface area contributed by atoms with Crippen molar-refractivity contribution < 1.29 is 23.8 Å². The van der Waals surface area contributed by atoms with Crippen LogP contribution in [0.4, 0.5) is 0 Å². The van der Waals surface area contributed by atoms with Crippen LogP contribution in [-0.2, 0) is 14.3 Å². The molecule has 0 aliphatic heterocycles. The van der Waals surface area contributed by atoms with Gasteiger partial charge in [0.05, 0.1) is 7.11 Å². The van der Waals surface area contributed by atoms with E-state index in [-0.39, 0.29) is 11.4 Å². The molecule has 0 radical (unpaired) electrons. The van der Waals surface area contributed by atoms with Crippen molar-refractivity contribution >= 4 is 11.9 Å². The average molecular weight is 301 g/mol. The van der Waals surface area contributed by atoms with Crippen molar-refractivity contribution in [1.29, 1.82) is 0 Å². The number of nitrogens with zero attached hydrogens (tertiary/aromatic N) is 1. The maximum absolute atomic E-state index is 12.1. The highest BCUT2D eigenvalue weighted by Gasteiger charge is 2.22. The first kappa shape index (κ1) is 15.5. The first-order valence-corrected chi connectivity index (χ1v) is 6.58. The Morgan fingerprint density at radius 2 is 1.82 bits per heavy atom. The topological polar surface area (TPSA) is 74.7 Å². The number of esters is 2. The lowest BCUT2D eigenvalue weighted by Crippen LogP contribution is -2.25. The molecule has 0 amide bonds. The quantitative estimate of drug-likeness (QED) is 0.790. The van der Waals surface area contributed by atoms with Gasteiger partial charge in [0.25, 0.3) is 0 Å². The summed E-state index contributed by atoms with van der Waals surface area (Å²) in [6.07, 6.45) is 0.487. The van der Waals surface area contributed by atoms with E-state index in [1.807, 2.05) is 6.07 Å². The van der Waals surface area contributed by atoms with Crippen LogP contribution in [0.15, 0.2) is 48.7 Å². The first-order valence-electron chi connectivity index (χ1n) is 6.58. The standard InChI is InChI=1S/C16H15NO5/c1-11(15(18)20-2)21-16(19)13-9-6-10-17-14(13)22-12-7-4-3-5-8-12/h3-11H,1-2H3. The predicted molar refractivity (Wildman–Crippen MR) is 77.6 cm³/mol. The third kappa shape index (κ3) is 3.82. The van der Waals surface area contributed by atoms with Crippen LogP contribution >= 0.6 is 0 Å². The van der Waals surface area contributed by atoms with Gasteiger partial charge in [0.15, 0.2) is 6.10 Å². The SMILES string of the molecule is COC(=O)C(C)OC(=O)c1cccnc1Oc1ccccc1. The fourth-order valence-electron chi connectivity index (χ4n) is 1.67. The number of para-hydroxylation sites is 1. The van der Waals surface area contributed by atoms with E-state index >= 15 is 0 Å². The number of ether oxygens (including phenoxy) is 3. The zero-order chi connectivity index (χ0) is 15.9. The van der Waals surface area contributed by atoms with Crippen LogP contribution in [-0.4, -0.2) is 30.1 Å². The summed E-state index contributed by atoms with van der Waals surface area (Å²) in [5.41, 5.74) is 0.127. The van der Waals surface area contributed by atoms with Crippen molar-refractivity contribution in [2.24, 2.45) is 0 Å². The number of hydrogen-bond donors (Lipinski definition) is 0. The second-order valence-electron chi connectivity index (χ2n) is 4.34. The Balaban J connectivity index is 2.17. The van der Waals surface area contributed by atoms with E-state index in [0.717, 1.165) is 0 Å². The Bertz CT molecular complexity index is 657. The highest BCUT2D eigenvalue weighted by atomic mass is 16.6. The molecule has 1 atom stereocenters. The molecule has 0 saturated carbocycles. The van der Waals surface area contributed by atoms with Gasteiger partial charge in [0.2, 0.25) is 5.88 Å². The molecule has 0 fully saturated rings. The minimum atomic E-state index is -1.01. The summed E-state index contributed by atoms with van der Waals surface area (Å²) in [5.74, 6) is -0.702. The van der Waals surface area contributed by atoms with Gasteiger partial charge in [0, 0.05) is 6.20 Å². The van der Waals surface area contributed by atoms with Crippen molar-refractivity contribution in [1.82, 2.24) is 4.98 Å². The number of carbonyl (C=O) groups is 2. The largest absolute Gasteiger partial charge is 0.466 e. The number of rotatable bonds is 5. The number of carbonyl (C=O) groups excluding carboxylic acids is 2. The number of hydrogen-bond acceptors (Lipinski definition) is 6. The zero-order valence-corrected chi connectivity index (χ0v) is 12.2. The van der Waals surface area contributed by atoms with Gasteiger partial charge in [0.1, 0.15) is 11.3 Å². The van der Waals surface area contributed by atoms with E-state index in [9.17, 15) is 9.59 Å². The van der Waals surface area contributed by atoms with Gasteiger partial charge in [-0.25, -0.2) is 14.6 Å². The molecule has 1 aromatic heterocycles. The average Bonchev–Trinajstić information content (AvgIpc) is 2.55. The third-order valence-electron chi connectivity index (χ3n) is 2.77. The fourth-order valence-corrected chi connectivity index (χ4v) is 1.67. The Morgan fingerprint density at radius 1 is 1.09 bits per heavy atom. The molecule has 1 heterocycles. The van der Waals surface area contributed by atoms with Crippen LogP contribution in [0.1, 0.15) is 17.3 Å². The predicted octanol–water partition coefficient (Wildman–Crippen LogP) is 2.59. The monoisotopic (exact) mass is 301 g/mol. The molecule has 2 aromatic rings. The minimum absolute atomic E-state index is 0.107. The fraction of sp³-hybridized carbons (Fsp3) is 0.188. The van der Waals surface area contributed by atoms with Crippen LogP contribution < -0.4 is 4.74 Å². The van der Waals surface area contributed by atoms with Gasteiger partial charge < -0.3 is 14.2 Å². The molecule has 6 nitrogen and oxygen atoms in total. The highest BCUT2D eigenvalue weighted by Crippen LogP contribution is 2.23. The summed E-state index contributed by atoms with van der Waals surface area (Å²) in [6.45, 7) is 1.43. The van der Waals surface area contributed by atoms with E-state index in [2.05, 4.69) is 9.72 Å². The van der Waals surface area contributed by atoms with E-state index in [1.54, 1.807) is 30.3 Å². The van der Waals surface area contributed by atoms with Crippen molar-refractivity contribution in [3.8, 4) is 11.6 Å². The van der Waals surface area contributed by atoms with E-state index in [1.165, 1.54) is 26.3 Å². The van der Waals surface area contributed by atoms with Gasteiger partial charge in [-0.1, -0.05) is 18.2 Å². The summed E-state index contributed by atoms with van der Waals surface area (Å²) < 4.78 is 15.1. The molecule has 6 heteroatoms. The van der Waals surface area contributed by atoms with Crippen molar-refractivity contribution in [2.45, 2.75) is 13.0 Å². The normalized spacial score (nSPS) is 11.4. The van der Waals surface area contributed by atoms with Gasteiger partial charge in [-0.3, -0.25) is 0 Å². The smallest absolute Gasteiger partial charge is 0.346 e. The molecule has 0 aliphatic rings. The molecular formula is C16H15NO5.